The molecular formula is C14H11IN2O3. The van der Waals surface area contributed by atoms with Gasteiger partial charge in [-0.25, -0.2) is 0 Å². The number of rotatable bonds is 3. The summed E-state index contributed by atoms with van der Waals surface area (Å²) in [6.07, 6.45) is 0. The second kappa shape index (κ2) is 6.00. The highest BCUT2D eigenvalue weighted by molar-refractivity contribution is 14.1. The number of anilines is 1. The van der Waals surface area contributed by atoms with Crippen LogP contribution in [-0.4, -0.2) is 10.8 Å². The first-order chi connectivity index (χ1) is 9.47. The molecule has 6 heteroatoms. The van der Waals surface area contributed by atoms with E-state index in [9.17, 15) is 14.9 Å². The number of carbonyl (C=O) groups is 1. The lowest BCUT2D eigenvalue weighted by Gasteiger charge is -2.07. The number of nitrogens with zero attached hydrogens (tertiary/aromatic N) is 1. The lowest BCUT2D eigenvalue weighted by Crippen LogP contribution is -2.13. The Hall–Kier alpha value is -1.96. The van der Waals surface area contributed by atoms with Crippen LogP contribution in [0.25, 0.3) is 0 Å². The van der Waals surface area contributed by atoms with Crippen LogP contribution >= 0.6 is 22.6 Å². The van der Waals surface area contributed by atoms with E-state index in [1.54, 1.807) is 30.3 Å². The van der Waals surface area contributed by atoms with Gasteiger partial charge in [-0.3, -0.25) is 14.9 Å². The number of hydrogen-bond donors (Lipinski definition) is 1. The van der Waals surface area contributed by atoms with Crippen LogP contribution < -0.4 is 5.32 Å². The van der Waals surface area contributed by atoms with Crippen molar-refractivity contribution in [3.05, 3.63) is 67.3 Å². The maximum atomic E-state index is 12.1. The molecule has 2 rings (SSSR count). The van der Waals surface area contributed by atoms with E-state index in [0.717, 1.165) is 9.13 Å². The zero-order valence-electron chi connectivity index (χ0n) is 10.6. The fourth-order valence-electron chi connectivity index (χ4n) is 1.73. The lowest BCUT2D eigenvalue weighted by atomic mass is 10.1. The number of nitro benzene ring substituents is 1. The van der Waals surface area contributed by atoms with Crippen LogP contribution in [0.15, 0.2) is 42.5 Å². The summed E-state index contributed by atoms with van der Waals surface area (Å²) in [5, 5.41) is 13.6. The second-order valence-electron chi connectivity index (χ2n) is 4.24. The molecule has 0 aromatic heterocycles. The topological polar surface area (TPSA) is 72.2 Å². The molecule has 0 aliphatic rings. The number of benzene rings is 2. The zero-order valence-corrected chi connectivity index (χ0v) is 12.7. The summed E-state index contributed by atoms with van der Waals surface area (Å²) >= 11 is 2.10. The molecule has 0 saturated carbocycles. The Morgan fingerprint density at radius 2 is 2.00 bits per heavy atom. The van der Waals surface area contributed by atoms with Gasteiger partial charge in [-0.15, -0.1) is 0 Å². The van der Waals surface area contributed by atoms with E-state index in [0.29, 0.717) is 5.56 Å². The molecule has 5 nitrogen and oxygen atoms in total. The summed E-state index contributed by atoms with van der Waals surface area (Å²) in [4.78, 5) is 22.6. The Bertz CT molecular complexity index is 686. The zero-order chi connectivity index (χ0) is 14.7. The number of halogens is 1. The van der Waals surface area contributed by atoms with Crippen LogP contribution in [0, 0.1) is 20.6 Å². The SMILES string of the molecule is Cc1ccc([N+](=O)[O-])c(NC(=O)c2cccc(I)c2)c1. The van der Waals surface area contributed by atoms with Gasteiger partial charge in [0.2, 0.25) is 0 Å². The lowest BCUT2D eigenvalue weighted by molar-refractivity contribution is -0.383. The van der Waals surface area contributed by atoms with Crippen LogP contribution in [0.3, 0.4) is 0 Å². The van der Waals surface area contributed by atoms with E-state index >= 15 is 0 Å². The van der Waals surface area contributed by atoms with Gasteiger partial charge >= 0.3 is 0 Å². The average molecular weight is 382 g/mol. The van der Waals surface area contributed by atoms with E-state index in [1.807, 2.05) is 13.0 Å². The minimum absolute atomic E-state index is 0.116. The van der Waals surface area contributed by atoms with Gasteiger partial charge in [0.05, 0.1) is 4.92 Å². The summed E-state index contributed by atoms with van der Waals surface area (Å²) in [5.74, 6) is -0.364. The van der Waals surface area contributed by atoms with Gasteiger partial charge in [-0.2, -0.15) is 0 Å². The molecule has 0 bridgehead atoms. The fraction of sp³-hybridized carbons (Fsp3) is 0.0714. The molecule has 2 aromatic carbocycles. The third kappa shape index (κ3) is 3.32. The van der Waals surface area contributed by atoms with E-state index in [2.05, 4.69) is 27.9 Å². The molecule has 1 N–H and O–H groups in total. The van der Waals surface area contributed by atoms with E-state index in [4.69, 9.17) is 0 Å². The molecule has 0 unspecified atom stereocenters. The smallest absolute Gasteiger partial charge is 0.292 e. The van der Waals surface area contributed by atoms with Crippen molar-refractivity contribution in [3.63, 3.8) is 0 Å². The number of carbonyl (C=O) groups excluding carboxylic acids is 1. The van der Waals surface area contributed by atoms with Crippen molar-refractivity contribution in [3.8, 4) is 0 Å². The summed E-state index contributed by atoms with van der Waals surface area (Å²) < 4.78 is 0.925. The van der Waals surface area contributed by atoms with Gasteiger partial charge in [0.15, 0.2) is 0 Å². The normalized spacial score (nSPS) is 10.1. The maximum Gasteiger partial charge on any atom is 0.292 e. The van der Waals surface area contributed by atoms with Gasteiger partial charge in [-0.1, -0.05) is 12.1 Å². The first kappa shape index (κ1) is 14.4. The number of amides is 1. The Balaban J connectivity index is 2.32. The van der Waals surface area contributed by atoms with Crippen molar-refractivity contribution >= 4 is 39.9 Å². The Morgan fingerprint density at radius 3 is 2.65 bits per heavy atom. The van der Waals surface area contributed by atoms with E-state index in [-0.39, 0.29) is 17.3 Å². The first-order valence-electron chi connectivity index (χ1n) is 5.79. The molecule has 1 amide bonds. The van der Waals surface area contributed by atoms with Crippen molar-refractivity contribution in [1.29, 1.82) is 0 Å². The second-order valence-corrected chi connectivity index (χ2v) is 5.49. The first-order valence-corrected chi connectivity index (χ1v) is 6.87. The van der Waals surface area contributed by atoms with Crippen LogP contribution in [0.2, 0.25) is 0 Å². The number of aryl methyl sites for hydroxylation is 1. The van der Waals surface area contributed by atoms with Crippen molar-refractivity contribution in [2.24, 2.45) is 0 Å². The molecule has 0 fully saturated rings. The summed E-state index contributed by atoms with van der Waals surface area (Å²) in [6.45, 7) is 1.81. The van der Waals surface area contributed by atoms with Crippen LogP contribution in [0.5, 0.6) is 0 Å². The predicted octanol–water partition coefficient (Wildman–Crippen LogP) is 3.76. The highest BCUT2D eigenvalue weighted by Gasteiger charge is 2.16. The van der Waals surface area contributed by atoms with Crippen molar-refractivity contribution in [1.82, 2.24) is 0 Å². The Morgan fingerprint density at radius 1 is 1.25 bits per heavy atom. The molecule has 0 atom stereocenters. The summed E-state index contributed by atoms with van der Waals surface area (Å²) in [7, 11) is 0. The summed E-state index contributed by atoms with van der Waals surface area (Å²) in [6, 6.07) is 11.6. The van der Waals surface area contributed by atoms with Gasteiger partial charge in [0.25, 0.3) is 11.6 Å². The molecule has 0 radical (unpaired) electrons. The largest absolute Gasteiger partial charge is 0.316 e. The van der Waals surface area contributed by atoms with Gasteiger partial charge in [0, 0.05) is 15.2 Å². The number of hydrogen-bond acceptors (Lipinski definition) is 3. The minimum Gasteiger partial charge on any atom is -0.316 e. The molecular weight excluding hydrogens is 371 g/mol. The van der Waals surface area contributed by atoms with Crippen molar-refractivity contribution < 1.29 is 9.72 Å². The highest BCUT2D eigenvalue weighted by atomic mass is 127. The third-order valence-electron chi connectivity index (χ3n) is 2.68. The molecule has 0 saturated heterocycles. The monoisotopic (exact) mass is 382 g/mol. The predicted molar refractivity (Wildman–Crippen MR) is 84.9 cm³/mol. The molecule has 102 valence electrons. The standard InChI is InChI=1S/C14H11IN2O3/c1-9-5-6-13(17(19)20)12(7-9)16-14(18)10-3-2-4-11(15)8-10/h2-8H,1H3,(H,16,18). The molecule has 0 spiro atoms. The summed E-state index contributed by atoms with van der Waals surface area (Å²) in [5.41, 5.74) is 1.40. The van der Waals surface area contributed by atoms with Gasteiger partial charge in [0.1, 0.15) is 5.69 Å². The minimum atomic E-state index is -0.510. The highest BCUT2D eigenvalue weighted by Crippen LogP contribution is 2.25. The molecule has 0 aliphatic heterocycles. The number of nitrogens with one attached hydrogen (secondary N) is 1. The molecule has 0 aliphatic carbocycles. The van der Waals surface area contributed by atoms with Crippen molar-refractivity contribution in [2.75, 3.05) is 5.32 Å². The Kier molecular flexibility index (Phi) is 4.33. The third-order valence-corrected chi connectivity index (χ3v) is 3.35. The van der Waals surface area contributed by atoms with Crippen LogP contribution in [-0.2, 0) is 0 Å². The number of nitro groups is 1. The van der Waals surface area contributed by atoms with Gasteiger partial charge in [-0.05, 0) is 59.3 Å². The molecule has 2 aromatic rings. The van der Waals surface area contributed by atoms with Crippen LogP contribution in [0.1, 0.15) is 15.9 Å². The van der Waals surface area contributed by atoms with Crippen molar-refractivity contribution in [2.45, 2.75) is 6.92 Å². The fourth-order valence-corrected chi connectivity index (χ4v) is 2.28. The van der Waals surface area contributed by atoms with E-state index < -0.39 is 4.92 Å². The Labute approximate surface area is 129 Å². The van der Waals surface area contributed by atoms with E-state index in [1.165, 1.54) is 6.07 Å². The maximum absolute atomic E-state index is 12.1. The molecule has 20 heavy (non-hydrogen) atoms. The van der Waals surface area contributed by atoms with Gasteiger partial charge < -0.3 is 5.32 Å². The molecule has 0 heterocycles. The quantitative estimate of drug-likeness (QED) is 0.499. The average Bonchev–Trinajstić information content (AvgIpc) is 2.38. The van der Waals surface area contributed by atoms with Crippen LogP contribution in [0.4, 0.5) is 11.4 Å².